The number of nitrogens with one attached hydrogen (secondary N) is 2. The first-order valence-electron chi connectivity index (χ1n) is 6.77. The molecule has 0 spiro atoms. The summed E-state index contributed by atoms with van der Waals surface area (Å²) in [6, 6.07) is 8.12. The molecular weight excluding hydrogens is 254 g/mol. The summed E-state index contributed by atoms with van der Waals surface area (Å²) in [6.45, 7) is 0.321. The van der Waals surface area contributed by atoms with E-state index in [1.807, 2.05) is 24.4 Å². The van der Waals surface area contributed by atoms with Gasteiger partial charge in [0.15, 0.2) is 0 Å². The molecule has 106 valence electrons. The normalized spacial score (nSPS) is 10.6. The second-order valence-corrected chi connectivity index (χ2v) is 4.78. The van der Waals surface area contributed by atoms with Gasteiger partial charge in [-0.15, -0.1) is 0 Å². The minimum atomic E-state index is -0.399. The Kier molecular flexibility index (Phi) is 4.76. The number of amides is 2. The first kappa shape index (κ1) is 14.1. The molecule has 0 bridgehead atoms. The van der Waals surface area contributed by atoms with Gasteiger partial charge in [-0.05, 0) is 24.5 Å². The fraction of sp³-hybridized carbons (Fsp3) is 0.333. The summed E-state index contributed by atoms with van der Waals surface area (Å²) in [5, 5.41) is 3.89. The molecule has 0 saturated heterocycles. The Hall–Kier alpha value is -2.30. The van der Waals surface area contributed by atoms with Crippen LogP contribution < -0.4 is 11.1 Å². The van der Waals surface area contributed by atoms with E-state index in [2.05, 4.69) is 16.4 Å². The van der Waals surface area contributed by atoms with Crippen molar-refractivity contribution < 1.29 is 9.59 Å². The Bertz CT molecular complexity index is 604. The lowest BCUT2D eigenvalue weighted by atomic mass is 10.1. The molecule has 20 heavy (non-hydrogen) atoms. The third-order valence-corrected chi connectivity index (χ3v) is 3.22. The molecule has 1 aromatic carbocycles. The molecule has 5 heteroatoms. The number of primary amides is 1. The minimum Gasteiger partial charge on any atom is -0.370 e. The molecule has 5 nitrogen and oxygen atoms in total. The van der Waals surface area contributed by atoms with E-state index in [0.717, 1.165) is 18.4 Å². The van der Waals surface area contributed by atoms with Crippen LogP contribution in [0.3, 0.4) is 0 Å². The van der Waals surface area contributed by atoms with E-state index in [1.165, 1.54) is 10.9 Å². The summed E-state index contributed by atoms with van der Waals surface area (Å²) < 4.78 is 0. The molecule has 4 N–H and O–H groups in total. The molecule has 2 amide bonds. The number of benzene rings is 1. The molecule has 0 aliphatic carbocycles. The summed E-state index contributed by atoms with van der Waals surface area (Å²) in [5.74, 6) is -0.435. The van der Waals surface area contributed by atoms with E-state index in [4.69, 9.17) is 5.73 Å². The van der Waals surface area contributed by atoms with Crippen molar-refractivity contribution in [3.8, 4) is 0 Å². The number of hydrogen-bond donors (Lipinski definition) is 3. The Morgan fingerprint density at radius 2 is 2.00 bits per heavy atom. The predicted molar refractivity (Wildman–Crippen MR) is 78.1 cm³/mol. The first-order valence-corrected chi connectivity index (χ1v) is 6.77. The number of para-hydroxylation sites is 1. The summed E-state index contributed by atoms with van der Waals surface area (Å²) in [5.41, 5.74) is 7.35. The maximum atomic E-state index is 11.5. The number of aryl methyl sites for hydroxylation is 1. The van der Waals surface area contributed by atoms with Gasteiger partial charge in [0.1, 0.15) is 0 Å². The van der Waals surface area contributed by atoms with Crippen molar-refractivity contribution >= 4 is 22.7 Å². The smallest absolute Gasteiger partial charge is 0.220 e. The zero-order chi connectivity index (χ0) is 14.4. The van der Waals surface area contributed by atoms with Crippen LogP contribution in [0.1, 0.15) is 24.8 Å². The van der Waals surface area contributed by atoms with Crippen LogP contribution in [0.5, 0.6) is 0 Å². The van der Waals surface area contributed by atoms with Gasteiger partial charge in [-0.1, -0.05) is 18.2 Å². The Balaban J connectivity index is 1.75. The fourth-order valence-electron chi connectivity index (χ4n) is 2.19. The number of aromatic amines is 1. The average molecular weight is 273 g/mol. The van der Waals surface area contributed by atoms with E-state index < -0.39 is 5.91 Å². The van der Waals surface area contributed by atoms with E-state index in [0.29, 0.717) is 13.0 Å². The largest absolute Gasteiger partial charge is 0.370 e. The molecule has 0 unspecified atom stereocenters. The summed E-state index contributed by atoms with van der Waals surface area (Å²) in [7, 11) is 0. The molecule has 1 heterocycles. The quantitative estimate of drug-likeness (QED) is 0.713. The zero-order valence-corrected chi connectivity index (χ0v) is 11.3. The second kappa shape index (κ2) is 6.75. The van der Waals surface area contributed by atoms with Gasteiger partial charge >= 0.3 is 0 Å². The number of aromatic nitrogens is 1. The maximum absolute atomic E-state index is 11.5. The molecule has 0 aliphatic rings. The van der Waals surface area contributed by atoms with Gasteiger partial charge < -0.3 is 16.0 Å². The lowest BCUT2D eigenvalue weighted by Gasteiger charge is -2.03. The Morgan fingerprint density at radius 1 is 1.20 bits per heavy atom. The topological polar surface area (TPSA) is 88.0 Å². The van der Waals surface area contributed by atoms with Crippen LogP contribution in [0.4, 0.5) is 0 Å². The van der Waals surface area contributed by atoms with Crippen LogP contribution in [0, 0.1) is 0 Å². The van der Waals surface area contributed by atoms with Gasteiger partial charge in [-0.2, -0.15) is 0 Å². The molecule has 2 aromatic rings. The standard InChI is InChI=1S/C15H19N3O2/c16-14(19)8-9-17-15(20)7-3-4-11-10-18-13-6-2-1-5-12(11)13/h1-2,5-6,10,18H,3-4,7-9H2,(H2,16,19)(H,17,20). The molecule has 0 atom stereocenters. The number of carbonyl (C=O) groups excluding carboxylic acids is 2. The third-order valence-electron chi connectivity index (χ3n) is 3.22. The average Bonchev–Trinajstić information content (AvgIpc) is 2.82. The van der Waals surface area contributed by atoms with Gasteiger partial charge in [-0.25, -0.2) is 0 Å². The molecule has 1 aromatic heterocycles. The van der Waals surface area contributed by atoms with E-state index >= 15 is 0 Å². The Morgan fingerprint density at radius 3 is 2.80 bits per heavy atom. The zero-order valence-electron chi connectivity index (χ0n) is 11.3. The van der Waals surface area contributed by atoms with Crippen molar-refractivity contribution in [2.75, 3.05) is 6.54 Å². The second-order valence-electron chi connectivity index (χ2n) is 4.78. The summed E-state index contributed by atoms with van der Waals surface area (Å²) >= 11 is 0. The van der Waals surface area contributed by atoms with Gasteiger partial charge in [0.25, 0.3) is 0 Å². The van der Waals surface area contributed by atoms with Crippen molar-refractivity contribution in [3.05, 3.63) is 36.0 Å². The highest BCUT2D eigenvalue weighted by Gasteiger charge is 2.05. The predicted octanol–water partition coefficient (Wildman–Crippen LogP) is 1.48. The van der Waals surface area contributed by atoms with Crippen molar-refractivity contribution in [2.24, 2.45) is 5.73 Å². The number of rotatable bonds is 7. The van der Waals surface area contributed by atoms with Crippen molar-refractivity contribution in [1.29, 1.82) is 0 Å². The number of fused-ring (bicyclic) bond motifs is 1. The highest BCUT2D eigenvalue weighted by molar-refractivity contribution is 5.83. The van der Waals surface area contributed by atoms with Gasteiger partial charge in [0.05, 0.1) is 0 Å². The van der Waals surface area contributed by atoms with E-state index in [9.17, 15) is 9.59 Å². The number of hydrogen-bond acceptors (Lipinski definition) is 2. The minimum absolute atomic E-state index is 0.0360. The Labute approximate surface area is 117 Å². The maximum Gasteiger partial charge on any atom is 0.220 e. The summed E-state index contributed by atoms with van der Waals surface area (Å²) in [4.78, 5) is 25.3. The SMILES string of the molecule is NC(=O)CCNC(=O)CCCc1c[nH]c2ccccc12. The first-order chi connectivity index (χ1) is 9.66. The van der Waals surface area contributed by atoms with Gasteiger partial charge in [0, 0.05) is 36.5 Å². The van der Waals surface area contributed by atoms with Crippen LogP contribution in [0.15, 0.2) is 30.5 Å². The molecule has 0 saturated carbocycles. The van der Waals surface area contributed by atoms with Crippen LogP contribution in [0.2, 0.25) is 0 Å². The van der Waals surface area contributed by atoms with Crippen LogP contribution in [-0.2, 0) is 16.0 Å². The van der Waals surface area contributed by atoms with E-state index in [1.54, 1.807) is 0 Å². The van der Waals surface area contributed by atoms with Crippen molar-refractivity contribution in [2.45, 2.75) is 25.7 Å². The van der Waals surface area contributed by atoms with Gasteiger partial charge in [0.2, 0.25) is 11.8 Å². The van der Waals surface area contributed by atoms with Crippen LogP contribution in [0.25, 0.3) is 10.9 Å². The number of H-pyrrole nitrogens is 1. The lowest BCUT2D eigenvalue weighted by molar-refractivity contribution is -0.121. The highest BCUT2D eigenvalue weighted by atomic mass is 16.2. The van der Waals surface area contributed by atoms with Crippen molar-refractivity contribution in [1.82, 2.24) is 10.3 Å². The highest BCUT2D eigenvalue weighted by Crippen LogP contribution is 2.19. The molecule has 0 radical (unpaired) electrons. The third kappa shape index (κ3) is 3.85. The molecule has 0 aliphatic heterocycles. The molecular formula is C15H19N3O2. The van der Waals surface area contributed by atoms with E-state index in [-0.39, 0.29) is 12.3 Å². The number of carbonyl (C=O) groups is 2. The fourth-order valence-corrected chi connectivity index (χ4v) is 2.19. The van der Waals surface area contributed by atoms with Crippen LogP contribution in [-0.4, -0.2) is 23.3 Å². The molecule has 0 fully saturated rings. The van der Waals surface area contributed by atoms with Crippen molar-refractivity contribution in [3.63, 3.8) is 0 Å². The molecule has 2 rings (SSSR count). The van der Waals surface area contributed by atoms with Crippen LogP contribution >= 0.6 is 0 Å². The number of nitrogens with two attached hydrogens (primary N) is 1. The van der Waals surface area contributed by atoms with Gasteiger partial charge in [-0.3, -0.25) is 9.59 Å². The lowest BCUT2D eigenvalue weighted by Crippen LogP contribution is -2.27. The monoisotopic (exact) mass is 273 g/mol. The summed E-state index contributed by atoms with van der Waals surface area (Å²) in [6.07, 6.45) is 4.28.